The molecule has 1 fully saturated rings. The Balaban J connectivity index is 2.15. The zero-order chi connectivity index (χ0) is 15.9. The minimum absolute atomic E-state index is 0.122. The number of allylic oxidation sites excluding steroid dienone is 1. The second-order valence-corrected chi connectivity index (χ2v) is 5.21. The van der Waals surface area contributed by atoms with E-state index in [-0.39, 0.29) is 12.0 Å². The number of benzene rings is 1. The van der Waals surface area contributed by atoms with Gasteiger partial charge >= 0.3 is 0 Å². The minimum Gasteiger partial charge on any atom is -0.493 e. The average molecular weight is 305 g/mol. The summed E-state index contributed by atoms with van der Waals surface area (Å²) in [5, 5.41) is 2.91. The fourth-order valence-corrected chi connectivity index (χ4v) is 2.60. The van der Waals surface area contributed by atoms with Gasteiger partial charge in [0.25, 0.3) is 5.91 Å². The van der Waals surface area contributed by atoms with Gasteiger partial charge in [0.05, 0.1) is 20.3 Å². The molecule has 0 radical (unpaired) electrons. The summed E-state index contributed by atoms with van der Waals surface area (Å²) in [5.74, 6) is 1.05. The molecule has 0 aromatic heterocycles. The maximum atomic E-state index is 12.3. The standard InChI is InChI=1S/C17H23NO4/c1-4-6-12-9-13(10-15(20-2)16(12)21-3)17(19)18-11-14-7-5-8-22-14/h4,9-10,14H,1,5-8,11H2,2-3H3,(H,18,19). The van der Waals surface area contributed by atoms with E-state index in [1.54, 1.807) is 26.4 Å². The summed E-state index contributed by atoms with van der Waals surface area (Å²) in [7, 11) is 3.14. The van der Waals surface area contributed by atoms with E-state index in [1.165, 1.54) is 0 Å². The molecule has 1 atom stereocenters. The Morgan fingerprint density at radius 3 is 2.86 bits per heavy atom. The van der Waals surface area contributed by atoms with Crippen molar-refractivity contribution in [2.24, 2.45) is 0 Å². The van der Waals surface area contributed by atoms with E-state index in [9.17, 15) is 4.79 Å². The number of amides is 1. The van der Waals surface area contributed by atoms with Crippen molar-refractivity contribution in [3.8, 4) is 11.5 Å². The molecular weight excluding hydrogens is 282 g/mol. The number of methoxy groups -OCH3 is 2. The second kappa shape index (κ2) is 7.84. The molecule has 1 unspecified atom stereocenters. The molecular formula is C17H23NO4. The van der Waals surface area contributed by atoms with Crippen molar-refractivity contribution in [1.82, 2.24) is 5.32 Å². The number of carbonyl (C=O) groups is 1. The van der Waals surface area contributed by atoms with Crippen LogP contribution in [0.15, 0.2) is 24.8 Å². The molecule has 1 heterocycles. The van der Waals surface area contributed by atoms with Gasteiger partial charge in [0.2, 0.25) is 0 Å². The van der Waals surface area contributed by atoms with Gasteiger partial charge in [-0.25, -0.2) is 0 Å². The molecule has 0 saturated carbocycles. The Hall–Kier alpha value is -2.01. The summed E-state index contributed by atoms with van der Waals surface area (Å²) in [6.07, 6.45) is 4.54. The summed E-state index contributed by atoms with van der Waals surface area (Å²) >= 11 is 0. The first-order chi connectivity index (χ1) is 10.7. The van der Waals surface area contributed by atoms with E-state index in [0.29, 0.717) is 30.0 Å². The maximum absolute atomic E-state index is 12.3. The maximum Gasteiger partial charge on any atom is 0.251 e. The van der Waals surface area contributed by atoms with Crippen LogP contribution in [0, 0.1) is 0 Å². The number of carbonyl (C=O) groups excluding carboxylic acids is 1. The summed E-state index contributed by atoms with van der Waals surface area (Å²) < 4.78 is 16.2. The summed E-state index contributed by atoms with van der Waals surface area (Å²) in [6, 6.07) is 3.50. The highest BCUT2D eigenvalue weighted by Gasteiger charge is 2.19. The van der Waals surface area contributed by atoms with Gasteiger partial charge in [0.1, 0.15) is 0 Å². The van der Waals surface area contributed by atoms with Gasteiger partial charge in [-0.05, 0) is 31.4 Å². The van der Waals surface area contributed by atoms with E-state index >= 15 is 0 Å². The predicted molar refractivity (Wildman–Crippen MR) is 84.8 cm³/mol. The topological polar surface area (TPSA) is 56.8 Å². The average Bonchev–Trinajstić information content (AvgIpc) is 3.05. The van der Waals surface area contributed by atoms with E-state index in [1.807, 2.05) is 6.07 Å². The zero-order valence-electron chi connectivity index (χ0n) is 13.2. The molecule has 1 N–H and O–H groups in total. The first kappa shape index (κ1) is 16.4. The molecule has 1 aromatic carbocycles. The molecule has 2 rings (SSSR count). The Morgan fingerprint density at radius 2 is 2.27 bits per heavy atom. The largest absolute Gasteiger partial charge is 0.493 e. The van der Waals surface area contributed by atoms with Crippen molar-refractivity contribution in [1.29, 1.82) is 0 Å². The van der Waals surface area contributed by atoms with Gasteiger partial charge in [-0.15, -0.1) is 6.58 Å². The Morgan fingerprint density at radius 1 is 1.45 bits per heavy atom. The zero-order valence-corrected chi connectivity index (χ0v) is 13.2. The fraction of sp³-hybridized carbons (Fsp3) is 0.471. The van der Waals surface area contributed by atoms with Crippen LogP contribution in [0.4, 0.5) is 0 Å². The monoisotopic (exact) mass is 305 g/mol. The predicted octanol–water partition coefficient (Wildman–Crippen LogP) is 2.34. The van der Waals surface area contributed by atoms with Gasteiger partial charge in [-0.1, -0.05) is 6.08 Å². The number of hydrogen-bond acceptors (Lipinski definition) is 4. The molecule has 5 nitrogen and oxygen atoms in total. The molecule has 22 heavy (non-hydrogen) atoms. The number of rotatable bonds is 7. The minimum atomic E-state index is -0.137. The quantitative estimate of drug-likeness (QED) is 0.786. The van der Waals surface area contributed by atoms with Gasteiger partial charge < -0.3 is 19.5 Å². The molecule has 0 aliphatic carbocycles. The van der Waals surface area contributed by atoms with E-state index in [0.717, 1.165) is 25.0 Å². The highest BCUT2D eigenvalue weighted by Crippen LogP contribution is 2.33. The van der Waals surface area contributed by atoms with E-state index in [4.69, 9.17) is 14.2 Å². The van der Waals surface area contributed by atoms with Crippen LogP contribution in [0.5, 0.6) is 11.5 Å². The smallest absolute Gasteiger partial charge is 0.251 e. The van der Waals surface area contributed by atoms with Crippen LogP contribution in [-0.2, 0) is 11.2 Å². The van der Waals surface area contributed by atoms with E-state index < -0.39 is 0 Å². The van der Waals surface area contributed by atoms with Crippen molar-refractivity contribution in [2.75, 3.05) is 27.4 Å². The first-order valence-corrected chi connectivity index (χ1v) is 7.45. The van der Waals surface area contributed by atoms with Crippen molar-refractivity contribution in [3.63, 3.8) is 0 Å². The van der Waals surface area contributed by atoms with Crippen LogP contribution < -0.4 is 14.8 Å². The van der Waals surface area contributed by atoms with Crippen LogP contribution in [0.2, 0.25) is 0 Å². The number of nitrogens with one attached hydrogen (secondary N) is 1. The normalized spacial score (nSPS) is 17.1. The third-order valence-electron chi connectivity index (χ3n) is 3.70. The van der Waals surface area contributed by atoms with E-state index in [2.05, 4.69) is 11.9 Å². The third kappa shape index (κ3) is 3.80. The third-order valence-corrected chi connectivity index (χ3v) is 3.70. The molecule has 0 bridgehead atoms. The molecule has 1 saturated heterocycles. The molecule has 1 aliphatic rings. The number of ether oxygens (including phenoxy) is 3. The lowest BCUT2D eigenvalue weighted by atomic mass is 10.0. The Bertz CT molecular complexity index is 536. The Labute approximate surface area is 131 Å². The number of hydrogen-bond donors (Lipinski definition) is 1. The molecule has 1 amide bonds. The molecule has 120 valence electrons. The van der Waals surface area contributed by atoms with Crippen LogP contribution in [0.3, 0.4) is 0 Å². The van der Waals surface area contributed by atoms with Crippen LogP contribution in [0.1, 0.15) is 28.8 Å². The SMILES string of the molecule is C=CCc1cc(C(=O)NCC2CCCO2)cc(OC)c1OC. The van der Waals surface area contributed by atoms with Crippen LogP contribution in [0.25, 0.3) is 0 Å². The lowest BCUT2D eigenvalue weighted by Crippen LogP contribution is -2.31. The van der Waals surface area contributed by atoms with Crippen LogP contribution >= 0.6 is 0 Å². The van der Waals surface area contributed by atoms with Crippen LogP contribution in [-0.4, -0.2) is 39.4 Å². The molecule has 1 aliphatic heterocycles. The van der Waals surface area contributed by atoms with Crippen molar-refractivity contribution in [2.45, 2.75) is 25.4 Å². The van der Waals surface area contributed by atoms with Gasteiger partial charge in [-0.2, -0.15) is 0 Å². The van der Waals surface area contributed by atoms with Crippen molar-refractivity contribution in [3.05, 3.63) is 35.9 Å². The lowest BCUT2D eigenvalue weighted by molar-refractivity contribution is 0.0857. The second-order valence-electron chi connectivity index (χ2n) is 5.21. The van der Waals surface area contributed by atoms with Gasteiger partial charge in [0.15, 0.2) is 11.5 Å². The fourth-order valence-electron chi connectivity index (χ4n) is 2.60. The van der Waals surface area contributed by atoms with Crippen molar-refractivity contribution >= 4 is 5.91 Å². The molecule has 1 aromatic rings. The lowest BCUT2D eigenvalue weighted by Gasteiger charge is -2.15. The molecule has 5 heteroatoms. The Kier molecular flexibility index (Phi) is 5.83. The highest BCUT2D eigenvalue weighted by molar-refractivity contribution is 5.95. The van der Waals surface area contributed by atoms with Gasteiger partial charge in [-0.3, -0.25) is 4.79 Å². The summed E-state index contributed by atoms with van der Waals surface area (Å²) in [6.45, 7) is 5.05. The summed E-state index contributed by atoms with van der Waals surface area (Å²) in [4.78, 5) is 12.3. The van der Waals surface area contributed by atoms with Gasteiger partial charge in [0, 0.05) is 24.3 Å². The first-order valence-electron chi connectivity index (χ1n) is 7.45. The summed E-state index contributed by atoms with van der Waals surface area (Å²) in [5.41, 5.74) is 1.42. The highest BCUT2D eigenvalue weighted by atomic mass is 16.5. The van der Waals surface area contributed by atoms with Crippen molar-refractivity contribution < 1.29 is 19.0 Å². The molecule has 0 spiro atoms.